The number of likely N-dealkylation sites (N-methyl/N-ethyl adjacent to an activating group) is 1. The number of phosphoric acid groups is 1. The van der Waals surface area contributed by atoms with Gasteiger partial charge in [0, 0.05) is 6.42 Å². The maximum absolute atomic E-state index is 12.9. The second kappa shape index (κ2) is 42.3. The average Bonchev–Trinajstić information content (AvgIpc) is 3.19. The fraction of sp³-hybridized carbons (Fsp3) is 0.900. The molecule has 350 valence electrons. The maximum Gasteiger partial charge on any atom is 0.268 e. The van der Waals surface area contributed by atoms with E-state index in [1.165, 1.54) is 167 Å². The van der Waals surface area contributed by atoms with Crippen molar-refractivity contribution in [3.8, 4) is 0 Å². The Bertz CT molecular complexity index is 1020. The van der Waals surface area contributed by atoms with Gasteiger partial charge >= 0.3 is 0 Å². The van der Waals surface area contributed by atoms with Crippen LogP contribution in [-0.2, 0) is 18.4 Å². The second-order valence-corrected chi connectivity index (χ2v) is 19.9. The minimum Gasteiger partial charge on any atom is -0.756 e. The molecule has 59 heavy (non-hydrogen) atoms. The number of carbonyl (C=O) groups is 1. The van der Waals surface area contributed by atoms with Crippen molar-refractivity contribution in [2.75, 3.05) is 40.9 Å². The smallest absolute Gasteiger partial charge is 0.268 e. The Labute approximate surface area is 366 Å². The normalized spacial score (nSPS) is 14.4. The van der Waals surface area contributed by atoms with Gasteiger partial charge in [-0.3, -0.25) is 9.36 Å². The van der Waals surface area contributed by atoms with E-state index in [0.717, 1.165) is 44.9 Å². The fourth-order valence-electron chi connectivity index (χ4n) is 7.42. The van der Waals surface area contributed by atoms with Crippen LogP contribution in [0.4, 0.5) is 0 Å². The van der Waals surface area contributed by atoms with Crippen molar-refractivity contribution >= 4 is 13.7 Å². The molecule has 2 N–H and O–H groups in total. The van der Waals surface area contributed by atoms with Crippen LogP contribution in [0.25, 0.3) is 0 Å². The molecule has 1 amide bonds. The molecule has 0 aromatic rings. The molecule has 0 bridgehead atoms. The Morgan fingerprint density at radius 1 is 0.593 bits per heavy atom. The SMILES string of the molecule is CCCCCCC/C=C\C/C=C\CCCCCCCCCCCCCC(=O)NC(COP(=O)([O-])OCC[N+](C)(C)C)C(O)CCCCCCCCCCCCCCCC. The van der Waals surface area contributed by atoms with E-state index in [0.29, 0.717) is 23.9 Å². The maximum atomic E-state index is 12.9. The van der Waals surface area contributed by atoms with Crippen LogP contribution in [-0.4, -0.2) is 68.5 Å². The summed E-state index contributed by atoms with van der Waals surface area (Å²) >= 11 is 0. The van der Waals surface area contributed by atoms with Crippen LogP contribution in [0.2, 0.25) is 0 Å². The third-order valence-corrected chi connectivity index (χ3v) is 12.4. The molecule has 9 heteroatoms. The molecule has 3 atom stereocenters. The summed E-state index contributed by atoms with van der Waals surface area (Å²) in [4.78, 5) is 25.4. The Hall–Kier alpha value is -1.02. The molecule has 3 unspecified atom stereocenters. The van der Waals surface area contributed by atoms with Crippen LogP contribution in [0.1, 0.15) is 239 Å². The minimum atomic E-state index is -4.56. The molecule has 0 aliphatic carbocycles. The van der Waals surface area contributed by atoms with Crippen LogP contribution in [0, 0.1) is 0 Å². The predicted molar refractivity (Wildman–Crippen MR) is 252 cm³/mol. The summed E-state index contributed by atoms with van der Waals surface area (Å²) in [5.74, 6) is -0.166. The predicted octanol–water partition coefficient (Wildman–Crippen LogP) is 13.8. The van der Waals surface area contributed by atoms with Gasteiger partial charge in [-0.05, 0) is 44.9 Å². The van der Waals surface area contributed by atoms with E-state index < -0.39 is 20.0 Å². The Morgan fingerprint density at radius 2 is 0.983 bits per heavy atom. The highest BCUT2D eigenvalue weighted by atomic mass is 31.2. The van der Waals surface area contributed by atoms with E-state index in [-0.39, 0.29) is 19.1 Å². The molecule has 0 aromatic heterocycles. The summed E-state index contributed by atoms with van der Waals surface area (Å²) in [5, 5.41) is 13.9. The van der Waals surface area contributed by atoms with E-state index in [4.69, 9.17) is 9.05 Å². The molecule has 0 aliphatic heterocycles. The number of aliphatic hydroxyl groups excluding tert-OH is 1. The molecular weight excluding hydrogens is 756 g/mol. The number of nitrogens with one attached hydrogen (secondary N) is 1. The van der Waals surface area contributed by atoms with E-state index in [9.17, 15) is 19.4 Å². The molecule has 0 radical (unpaired) electrons. The van der Waals surface area contributed by atoms with Crippen LogP contribution in [0.15, 0.2) is 24.3 Å². The highest BCUT2D eigenvalue weighted by Crippen LogP contribution is 2.38. The number of nitrogens with zero attached hydrogens (tertiary/aromatic N) is 1. The van der Waals surface area contributed by atoms with Crippen molar-refractivity contribution in [3.63, 3.8) is 0 Å². The summed E-state index contributed by atoms with van der Waals surface area (Å²) in [6.45, 7) is 4.72. The third-order valence-electron chi connectivity index (χ3n) is 11.4. The largest absolute Gasteiger partial charge is 0.756 e. The van der Waals surface area contributed by atoms with E-state index >= 15 is 0 Å². The topological polar surface area (TPSA) is 108 Å². The molecule has 0 fully saturated rings. The average molecular weight is 855 g/mol. The molecule has 0 aromatic carbocycles. The standard InChI is InChI=1S/C50H99N2O6P/c1-6-8-10-12-14-16-18-20-22-23-24-25-26-27-28-29-30-32-34-36-38-40-42-44-50(54)51-48(47-58-59(55,56)57-46-45-52(3,4)5)49(53)43-41-39-37-35-33-31-21-19-17-15-13-11-9-7-2/h18,20,23-24,48-49,53H,6-17,19,21-22,25-47H2,1-5H3,(H-,51,54,55,56)/b20-18-,24-23-. The lowest BCUT2D eigenvalue weighted by Crippen LogP contribution is -2.46. The highest BCUT2D eigenvalue weighted by molar-refractivity contribution is 7.45. The number of amides is 1. The number of unbranched alkanes of at least 4 members (excludes halogenated alkanes) is 29. The first-order valence-electron chi connectivity index (χ1n) is 25.2. The summed E-state index contributed by atoms with van der Waals surface area (Å²) in [6, 6.07) is -0.799. The molecule has 0 spiro atoms. The fourth-order valence-corrected chi connectivity index (χ4v) is 8.15. The monoisotopic (exact) mass is 855 g/mol. The number of rotatable bonds is 46. The first-order chi connectivity index (χ1) is 28.5. The van der Waals surface area contributed by atoms with E-state index in [2.05, 4.69) is 43.5 Å². The minimum absolute atomic E-state index is 0.0128. The van der Waals surface area contributed by atoms with Gasteiger partial charge in [0.05, 0.1) is 39.9 Å². The van der Waals surface area contributed by atoms with Crippen molar-refractivity contribution in [1.82, 2.24) is 5.32 Å². The van der Waals surface area contributed by atoms with Crippen molar-refractivity contribution in [1.29, 1.82) is 0 Å². The number of aliphatic hydroxyl groups is 1. The molecule has 0 saturated heterocycles. The molecular formula is C50H99N2O6P. The van der Waals surface area contributed by atoms with E-state index in [1.54, 1.807) is 0 Å². The van der Waals surface area contributed by atoms with Gasteiger partial charge in [0.25, 0.3) is 7.82 Å². The number of quaternary nitrogens is 1. The lowest BCUT2D eigenvalue weighted by atomic mass is 10.0. The number of allylic oxidation sites excluding steroid dienone is 4. The van der Waals surface area contributed by atoms with Crippen LogP contribution >= 0.6 is 7.82 Å². The van der Waals surface area contributed by atoms with Gasteiger partial charge < -0.3 is 28.8 Å². The summed E-state index contributed by atoms with van der Waals surface area (Å²) in [5.41, 5.74) is 0. The third kappa shape index (κ3) is 44.8. The second-order valence-electron chi connectivity index (χ2n) is 18.5. The zero-order valence-corrected chi connectivity index (χ0v) is 40.6. The molecule has 0 rings (SSSR count). The van der Waals surface area contributed by atoms with Crippen LogP contribution in [0.5, 0.6) is 0 Å². The number of carbonyl (C=O) groups excluding carboxylic acids is 1. The zero-order chi connectivity index (χ0) is 43.6. The highest BCUT2D eigenvalue weighted by Gasteiger charge is 2.24. The molecule has 8 nitrogen and oxygen atoms in total. The summed E-state index contributed by atoms with van der Waals surface area (Å²) in [7, 11) is 1.31. The zero-order valence-electron chi connectivity index (χ0n) is 39.7. The van der Waals surface area contributed by atoms with Gasteiger partial charge in [0.15, 0.2) is 0 Å². The number of phosphoric ester groups is 1. The molecule has 0 aliphatic rings. The Balaban J connectivity index is 4.22. The number of hydrogen-bond acceptors (Lipinski definition) is 6. The molecule has 0 saturated carbocycles. The van der Waals surface area contributed by atoms with Crippen LogP contribution in [0.3, 0.4) is 0 Å². The van der Waals surface area contributed by atoms with Crippen molar-refractivity contribution in [3.05, 3.63) is 24.3 Å². The van der Waals surface area contributed by atoms with Crippen LogP contribution < -0.4 is 10.2 Å². The van der Waals surface area contributed by atoms with Gasteiger partial charge in [-0.2, -0.15) is 0 Å². The first kappa shape index (κ1) is 58.0. The lowest BCUT2D eigenvalue weighted by molar-refractivity contribution is -0.870. The Kier molecular flexibility index (Phi) is 41.6. The van der Waals surface area contributed by atoms with E-state index in [1.807, 2.05) is 21.1 Å². The van der Waals surface area contributed by atoms with Gasteiger partial charge in [0.2, 0.25) is 5.91 Å². The van der Waals surface area contributed by atoms with Crippen molar-refractivity contribution < 1.29 is 32.9 Å². The van der Waals surface area contributed by atoms with Gasteiger partial charge in [0.1, 0.15) is 13.2 Å². The molecule has 0 heterocycles. The number of hydrogen-bond donors (Lipinski definition) is 2. The van der Waals surface area contributed by atoms with Crippen molar-refractivity contribution in [2.45, 2.75) is 251 Å². The summed E-state index contributed by atoms with van der Waals surface area (Å²) < 4.78 is 23.3. The first-order valence-corrected chi connectivity index (χ1v) is 26.6. The lowest BCUT2D eigenvalue weighted by Gasteiger charge is -2.30. The van der Waals surface area contributed by atoms with Gasteiger partial charge in [-0.15, -0.1) is 0 Å². The van der Waals surface area contributed by atoms with Gasteiger partial charge in [-0.1, -0.05) is 212 Å². The van der Waals surface area contributed by atoms with Gasteiger partial charge in [-0.25, -0.2) is 0 Å². The Morgan fingerprint density at radius 3 is 1.41 bits per heavy atom. The van der Waals surface area contributed by atoms with Crippen molar-refractivity contribution in [2.24, 2.45) is 0 Å². The summed E-state index contributed by atoms with van der Waals surface area (Å²) in [6.07, 6.45) is 50.4. The quantitative estimate of drug-likeness (QED) is 0.0273.